The van der Waals surface area contributed by atoms with Gasteiger partial charge in [-0.1, -0.05) is 68.3 Å². The maximum atomic E-state index is 12.8. The van der Waals surface area contributed by atoms with Crippen molar-refractivity contribution < 1.29 is 28.6 Å². The van der Waals surface area contributed by atoms with Gasteiger partial charge in [-0.2, -0.15) is 0 Å². The van der Waals surface area contributed by atoms with E-state index in [0.29, 0.717) is 12.8 Å². The van der Waals surface area contributed by atoms with Gasteiger partial charge in [-0.15, -0.1) is 0 Å². The number of rotatable bonds is 10. The highest BCUT2D eigenvalue weighted by molar-refractivity contribution is 5.87. The summed E-state index contributed by atoms with van der Waals surface area (Å²) in [4.78, 5) is 40.2. The average Bonchev–Trinajstić information content (AvgIpc) is 3.47. The number of fused-ring (bicyclic) bond motifs is 3. The Hall–Kier alpha value is -4.14. The second-order valence-corrected chi connectivity index (χ2v) is 8.31. The van der Waals surface area contributed by atoms with Gasteiger partial charge in [0.25, 0.3) is 0 Å². The summed E-state index contributed by atoms with van der Waals surface area (Å²) in [5, 5.41) is 14.4. The average molecular weight is 478 g/mol. The van der Waals surface area contributed by atoms with Crippen LogP contribution in [-0.4, -0.2) is 40.7 Å². The van der Waals surface area contributed by atoms with Crippen LogP contribution in [0, 0.1) is 0 Å². The fourth-order valence-corrected chi connectivity index (χ4v) is 4.32. The number of nitrogens with zero attached hydrogens (tertiary/aromatic N) is 1. The Labute approximate surface area is 202 Å². The molecule has 4 rings (SSSR count). The van der Waals surface area contributed by atoms with Crippen molar-refractivity contribution in [2.45, 2.75) is 44.7 Å². The summed E-state index contributed by atoms with van der Waals surface area (Å²) in [6.07, 6.45) is 2.28. The molecule has 182 valence electrons. The molecule has 1 atom stereocenters. The summed E-state index contributed by atoms with van der Waals surface area (Å²) in [7, 11) is 0. The second-order valence-electron chi connectivity index (χ2n) is 8.31. The number of oxazole rings is 1. The molecule has 1 aliphatic carbocycles. The molecule has 1 heterocycles. The molecule has 2 aromatic carbocycles. The lowest BCUT2D eigenvalue weighted by atomic mass is 9.98. The third-order valence-electron chi connectivity index (χ3n) is 6.07. The molecule has 9 heteroatoms. The number of carboxylic acid groups (broad SMARTS) is 1. The summed E-state index contributed by atoms with van der Waals surface area (Å²) in [6, 6.07) is 15.3. The number of unbranched alkanes of at least 4 members (excludes halogenated alkanes) is 1. The van der Waals surface area contributed by atoms with Gasteiger partial charge < -0.3 is 24.9 Å². The Morgan fingerprint density at radius 3 is 2.37 bits per heavy atom. The standard InChI is InChI=1S/C26H27N3O6/c1-2-3-12-21(24(30)27-13-22-23(25(31)32)28-15-35-22)29-26(33)34-14-20-18-10-6-4-8-16(18)17-9-5-7-11-19(17)20/h4-11,15,20-21H,2-3,12-14H2,1H3,(H,27,30)(H,29,33)(H,31,32). The maximum absolute atomic E-state index is 12.8. The maximum Gasteiger partial charge on any atom is 0.407 e. The minimum Gasteiger partial charge on any atom is -0.476 e. The van der Waals surface area contributed by atoms with Crippen molar-refractivity contribution in [1.29, 1.82) is 0 Å². The van der Waals surface area contributed by atoms with Crippen LogP contribution in [0.5, 0.6) is 0 Å². The Morgan fingerprint density at radius 1 is 1.09 bits per heavy atom. The first-order valence-corrected chi connectivity index (χ1v) is 11.5. The first-order chi connectivity index (χ1) is 17.0. The molecule has 0 aliphatic heterocycles. The van der Waals surface area contributed by atoms with E-state index >= 15 is 0 Å². The molecule has 35 heavy (non-hydrogen) atoms. The molecule has 0 spiro atoms. The monoisotopic (exact) mass is 477 g/mol. The van der Waals surface area contributed by atoms with Crippen LogP contribution in [0.2, 0.25) is 0 Å². The lowest BCUT2D eigenvalue weighted by molar-refractivity contribution is -0.123. The molecule has 0 saturated heterocycles. The smallest absolute Gasteiger partial charge is 0.407 e. The molecule has 3 aromatic rings. The number of alkyl carbamates (subject to hydrolysis) is 1. The van der Waals surface area contributed by atoms with Gasteiger partial charge in [-0.25, -0.2) is 14.6 Å². The summed E-state index contributed by atoms with van der Waals surface area (Å²) < 4.78 is 10.6. The predicted molar refractivity (Wildman–Crippen MR) is 127 cm³/mol. The van der Waals surface area contributed by atoms with Gasteiger partial charge >= 0.3 is 12.1 Å². The van der Waals surface area contributed by atoms with Crippen LogP contribution in [0.4, 0.5) is 4.79 Å². The number of aromatic carboxylic acids is 1. The summed E-state index contributed by atoms with van der Waals surface area (Å²) in [5.74, 6) is -1.76. The van der Waals surface area contributed by atoms with E-state index < -0.39 is 24.0 Å². The Balaban J connectivity index is 1.38. The van der Waals surface area contributed by atoms with Crippen LogP contribution in [0.25, 0.3) is 11.1 Å². The normalized spacial score (nSPS) is 12.9. The number of carbonyl (C=O) groups excluding carboxylic acids is 2. The molecule has 0 bridgehead atoms. The van der Waals surface area contributed by atoms with Gasteiger partial charge in [-0.3, -0.25) is 4.79 Å². The van der Waals surface area contributed by atoms with E-state index in [1.54, 1.807) is 0 Å². The molecule has 0 fully saturated rings. The van der Waals surface area contributed by atoms with Gasteiger partial charge in [0.15, 0.2) is 17.8 Å². The van der Waals surface area contributed by atoms with Crippen LogP contribution >= 0.6 is 0 Å². The van der Waals surface area contributed by atoms with Crippen LogP contribution in [-0.2, 0) is 16.1 Å². The molecule has 9 nitrogen and oxygen atoms in total. The Kier molecular flexibility index (Phi) is 7.45. The van der Waals surface area contributed by atoms with E-state index in [2.05, 4.69) is 27.8 Å². The highest BCUT2D eigenvalue weighted by Crippen LogP contribution is 2.44. The van der Waals surface area contributed by atoms with Crippen LogP contribution in [0.3, 0.4) is 0 Å². The second kappa shape index (κ2) is 10.9. The number of carboxylic acids is 1. The first kappa shape index (κ1) is 24.0. The lowest BCUT2D eigenvalue weighted by Crippen LogP contribution is -2.47. The van der Waals surface area contributed by atoms with Gasteiger partial charge in [0.05, 0.1) is 6.54 Å². The largest absolute Gasteiger partial charge is 0.476 e. The molecule has 1 unspecified atom stereocenters. The molecular weight excluding hydrogens is 450 g/mol. The predicted octanol–water partition coefficient (Wildman–Crippen LogP) is 4.09. The molecule has 3 N–H and O–H groups in total. The van der Waals surface area contributed by atoms with Gasteiger partial charge in [0.2, 0.25) is 5.91 Å². The van der Waals surface area contributed by atoms with E-state index in [1.165, 1.54) is 0 Å². The van der Waals surface area contributed by atoms with Crippen molar-refractivity contribution in [2.24, 2.45) is 0 Å². The van der Waals surface area contributed by atoms with E-state index in [-0.39, 0.29) is 30.5 Å². The van der Waals surface area contributed by atoms with E-state index in [4.69, 9.17) is 14.3 Å². The van der Waals surface area contributed by atoms with Gasteiger partial charge in [0, 0.05) is 5.92 Å². The summed E-state index contributed by atoms with van der Waals surface area (Å²) in [6.45, 7) is 1.97. The third-order valence-corrected chi connectivity index (χ3v) is 6.07. The number of hydrogen-bond acceptors (Lipinski definition) is 6. The number of benzene rings is 2. The van der Waals surface area contributed by atoms with E-state index in [0.717, 1.165) is 35.1 Å². The van der Waals surface area contributed by atoms with Crippen molar-refractivity contribution in [3.63, 3.8) is 0 Å². The number of nitrogens with one attached hydrogen (secondary N) is 2. The molecular formula is C26H27N3O6. The van der Waals surface area contributed by atoms with Crippen molar-refractivity contribution in [1.82, 2.24) is 15.6 Å². The number of carbonyl (C=O) groups is 3. The van der Waals surface area contributed by atoms with E-state index in [9.17, 15) is 14.4 Å². The highest BCUT2D eigenvalue weighted by Gasteiger charge is 2.30. The van der Waals surface area contributed by atoms with Crippen molar-refractivity contribution in [3.05, 3.63) is 77.5 Å². The van der Waals surface area contributed by atoms with Crippen molar-refractivity contribution >= 4 is 18.0 Å². The lowest BCUT2D eigenvalue weighted by Gasteiger charge is -2.19. The topological polar surface area (TPSA) is 131 Å². The van der Waals surface area contributed by atoms with Crippen LogP contribution < -0.4 is 10.6 Å². The molecule has 2 amide bonds. The minimum absolute atomic E-state index is 0.0289. The number of aromatic nitrogens is 1. The fourth-order valence-electron chi connectivity index (χ4n) is 4.32. The molecule has 1 aliphatic rings. The number of ether oxygens (including phenoxy) is 1. The van der Waals surface area contributed by atoms with Crippen LogP contribution in [0.1, 0.15) is 59.5 Å². The summed E-state index contributed by atoms with van der Waals surface area (Å²) in [5.41, 5.74) is 4.20. The van der Waals surface area contributed by atoms with Gasteiger partial charge in [-0.05, 0) is 28.7 Å². The van der Waals surface area contributed by atoms with Crippen LogP contribution in [0.15, 0.2) is 59.3 Å². The molecule has 0 saturated carbocycles. The Bertz CT molecular complexity index is 1180. The SMILES string of the molecule is CCCCC(NC(=O)OCC1c2ccccc2-c2ccccc21)C(=O)NCc1ocnc1C(=O)O. The van der Waals surface area contributed by atoms with Crippen molar-refractivity contribution in [3.8, 4) is 11.1 Å². The van der Waals surface area contributed by atoms with E-state index in [1.807, 2.05) is 43.3 Å². The molecule has 1 aromatic heterocycles. The highest BCUT2D eigenvalue weighted by atomic mass is 16.5. The fraction of sp³-hybridized carbons (Fsp3) is 0.308. The van der Waals surface area contributed by atoms with Crippen molar-refractivity contribution in [2.75, 3.05) is 6.61 Å². The zero-order valence-corrected chi connectivity index (χ0v) is 19.3. The number of hydrogen-bond donors (Lipinski definition) is 3. The number of amides is 2. The quantitative estimate of drug-likeness (QED) is 0.401. The third kappa shape index (κ3) is 5.34. The minimum atomic E-state index is -1.25. The summed E-state index contributed by atoms with van der Waals surface area (Å²) >= 11 is 0. The first-order valence-electron chi connectivity index (χ1n) is 11.5. The van der Waals surface area contributed by atoms with Gasteiger partial charge in [0.1, 0.15) is 12.6 Å². The zero-order valence-electron chi connectivity index (χ0n) is 19.3. The zero-order chi connectivity index (χ0) is 24.8. The Morgan fingerprint density at radius 2 is 1.74 bits per heavy atom. The molecule has 0 radical (unpaired) electrons.